The number of pyridine rings is 1. The van der Waals surface area contributed by atoms with Crippen LogP contribution in [-0.2, 0) is 0 Å². The topological polar surface area (TPSA) is 90.0 Å². The van der Waals surface area contributed by atoms with E-state index in [4.69, 9.17) is 4.42 Å². The molecular weight excluding hydrogens is 406 g/mol. The van der Waals surface area contributed by atoms with Gasteiger partial charge in [-0.25, -0.2) is 4.79 Å². The van der Waals surface area contributed by atoms with Crippen molar-refractivity contribution in [1.82, 2.24) is 14.8 Å². The van der Waals surface area contributed by atoms with E-state index in [0.717, 1.165) is 38.3 Å². The van der Waals surface area contributed by atoms with E-state index in [1.807, 2.05) is 36.4 Å². The number of piperazine rings is 1. The SMILES string of the molecule is CCN1CCN(C(c2ccncc2)c2c(O)c3ccccc3c3occ(C(=O)O)c23)CC1. The number of furan rings is 1. The second kappa shape index (κ2) is 8.26. The molecule has 32 heavy (non-hydrogen) atoms. The van der Waals surface area contributed by atoms with Crippen molar-refractivity contribution in [1.29, 1.82) is 0 Å². The highest BCUT2D eigenvalue weighted by molar-refractivity contribution is 6.15. The number of phenols is 1. The van der Waals surface area contributed by atoms with Crippen molar-refractivity contribution in [3.05, 3.63) is 71.7 Å². The summed E-state index contributed by atoms with van der Waals surface area (Å²) in [4.78, 5) is 21.0. The van der Waals surface area contributed by atoms with E-state index in [2.05, 4.69) is 21.7 Å². The molecule has 5 rings (SSSR count). The molecule has 4 aromatic rings. The van der Waals surface area contributed by atoms with Crippen molar-refractivity contribution >= 4 is 27.7 Å². The molecule has 1 fully saturated rings. The number of phenolic OH excluding ortho intramolecular Hbond substituents is 1. The van der Waals surface area contributed by atoms with Crippen LogP contribution in [-0.4, -0.2) is 63.7 Å². The Kier molecular flexibility index (Phi) is 5.28. The molecular formula is C25H25N3O4. The summed E-state index contributed by atoms with van der Waals surface area (Å²) in [6.45, 7) is 6.56. The fraction of sp³-hybridized carbons (Fsp3) is 0.280. The van der Waals surface area contributed by atoms with Crippen molar-refractivity contribution in [3.8, 4) is 5.75 Å². The van der Waals surface area contributed by atoms with Gasteiger partial charge in [0.15, 0.2) is 0 Å². The maximum atomic E-state index is 12.1. The molecule has 1 aliphatic rings. The molecule has 0 aliphatic carbocycles. The lowest BCUT2D eigenvalue weighted by molar-refractivity contribution is 0.0697. The lowest BCUT2D eigenvalue weighted by Crippen LogP contribution is -2.47. The van der Waals surface area contributed by atoms with Crippen LogP contribution in [0.5, 0.6) is 5.75 Å². The minimum atomic E-state index is -1.08. The van der Waals surface area contributed by atoms with E-state index in [9.17, 15) is 15.0 Å². The Morgan fingerprint density at radius 2 is 1.78 bits per heavy atom. The molecule has 1 saturated heterocycles. The number of carbonyl (C=O) groups is 1. The number of rotatable bonds is 5. The van der Waals surface area contributed by atoms with Gasteiger partial charge in [-0.2, -0.15) is 0 Å². The van der Waals surface area contributed by atoms with Crippen LogP contribution in [0.2, 0.25) is 0 Å². The lowest BCUT2D eigenvalue weighted by atomic mass is 9.89. The summed E-state index contributed by atoms with van der Waals surface area (Å²) in [7, 11) is 0. The number of nitrogens with zero attached hydrogens (tertiary/aromatic N) is 3. The number of aromatic nitrogens is 1. The first kappa shape index (κ1) is 20.5. The quantitative estimate of drug-likeness (QED) is 0.491. The molecule has 1 atom stereocenters. The summed E-state index contributed by atoms with van der Waals surface area (Å²) < 4.78 is 5.80. The lowest BCUT2D eigenvalue weighted by Gasteiger charge is -2.39. The molecule has 2 aromatic carbocycles. The van der Waals surface area contributed by atoms with Crippen molar-refractivity contribution in [2.45, 2.75) is 13.0 Å². The summed E-state index contributed by atoms with van der Waals surface area (Å²) in [5.41, 5.74) is 2.06. The molecule has 0 amide bonds. The third-order valence-electron chi connectivity index (χ3n) is 6.49. The highest BCUT2D eigenvalue weighted by Crippen LogP contribution is 2.46. The van der Waals surface area contributed by atoms with E-state index in [1.54, 1.807) is 12.4 Å². The number of carboxylic acid groups (broad SMARTS) is 1. The molecule has 164 valence electrons. The predicted molar refractivity (Wildman–Crippen MR) is 122 cm³/mol. The third-order valence-corrected chi connectivity index (χ3v) is 6.49. The Labute approximate surface area is 185 Å². The van der Waals surface area contributed by atoms with Gasteiger partial charge >= 0.3 is 5.97 Å². The van der Waals surface area contributed by atoms with Gasteiger partial charge in [0.25, 0.3) is 0 Å². The van der Waals surface area contributed by atoms with Crippen LogP contribution in [0, 0.1) is 0 Å². The summed E-state index contributed by atoms with van der Waals surface area (Å²) in [5, 5.41) is 23.3. The summed E-state index contributed by atoms with van der Waals surface area (Å²) in [5.74, 6) is -0.985. The van der Waals surface area contributed by atoms with E-state index in [1.165, 1.54) is 6.26 Å². The van der Waals surface area contributed by atoms with Gasteiger partial charge in [-0.15, -0.1) is 0 Å². The van der Waals surface area contributed by atoms with Crippen LogP contribution < -0.4 is 0 Å². The molecule has 0 spiro atoms. The smallest absolute Gasteiger partial charge is 0.339 e. The van der Waals surface area contributed by atoms with Gasteiger partial charge < -0.3 is 19.5 Å². The normalized spacial score (nSPS) is 16.5. The Morgan fingerprint density at radius 3 is 2.44 bits per heavy atom. The number of benzene rings is 2. The van der Waals surface area contributed by atoms with Gasteiger partial charge in [-0.3, -0.25) is 9.88 Å². The first-order valence-corrected chi connectivity index (χ1v) is 10.8. The zero-order valence-corrected chi connectivity index (χ0v) is 17.9. The molecule has 0 radical (unpaired) electrons. The van der Waals surface area contributed by atoms with Crippen LogP contribution in [0.25, 0.3) is 21.7 Å². The molecule has 1 aliphatic heterocycles. The van der Waals surface area contributed by atoms with E-state index in [-0.39, 0.29) is 17.4 Å². The van der Waals surface area contributed by atoms with Crippen LogP contribution in [0.15, 0.2) is 59.5 Å². The number of carboxylic acids is 1. The van der Waals surface area contributed by atoms with Gasteiger partial charge in [0, 0.05) is 60.3 Å². The Bertz CT molecular complexity index is 1280. The number of hydrogen-bond acceptors (Lipinski definition) is 6. The molecule has 0 saturated carbocycles. The van der Waals surface area contributed by atoms with Gasteiger partial charge in [0.1, 0.15) is 23.2 Å². The minimum absolute atomic E-state index is 0.0577. The number of fused-ring (bicyclic) bond motifs is 3. The largest absolute Gasteiger partial charge is 0.507 e. The molecule has 0 bridgehead atoms. The molecule has 2 aromatic heterocycles. The first-order chi connectivity index (χ1) is 15.6. The Balaban J connectivity index is 1.81. The van der Waals surface area contributed by atoms with E-state index >= 15 is 0 Å². The molecule has 2 N–H and O–H groups in total. The molecule has 7 nitrogen and oxygen atoms in total. The fourth-order valence-electron chi connectivity index (χ4n) is 4.84. The maximum Gasteiger partial charge on any atom is 0.339 e. The van der Waals surface area contributed by atoms with E-state index < -0.39 is 5.97 Å². The van der Waals surface area contributed by atoms with Crippen molar-refractivity contribution in [3.63, 3.8) is 0 Å². The fourth-order valence-corrected chi connectivity index (χ4v) is 4.84. The summed E-state index contributed by atoms with van der Waals surface area (Å²) in [6, 6.07) is 10.9. The zero-order chi connectivity index (χ0) is 22.2. The Hall–Kier alpha value is -3.42. The number of aromatic carboxylic acids is 1. The van der Waals surface area contributed by atoms with Crippen molar-refractivity contribution < 1.29 is 19.4 Å². The summed E-state index contributed by atoms with van der Waals surface area (Å²) in [6.07, 6.45) is 4.74. The minimum Gasteiger partial charge on any atom is -0.507 e. The van der Waals surface area contributed by atoms with Gasteiger partial charge in [-0.05, 0) is 24.2 Å². The first-order valence-electron chi connectivity index (χ1n) is 10.8. The van der Waals surface area contributed by atoms with Gasteiger partial charge in [0.2, 0.25) is 0 Å². The van der Waals surface area contributed by atoms with Gasteiger partial charge in [0.05, 0.1) is 6.04 Å². The monoisotopic (exact) mass is 431 g/mol. The second-order valence-corrected chi connectivity index (χ2v) is 8.12. The standard InChI is InChI=1S/C25H25N3O4/c1-2-27-11-13-28(14-12-27)22(16-7-9-26-10-8-16)21-20-19(25(30)31)15-32-24(20)18-6-4-3-5-17(18)23(21)29/h3-10,15,22,29H,2,11-14H2,1H3,(H,30,31). The van der Waals surface area contributed by atoms with E-state index in [0.29, 0.717) is 27.3 Å². The number of aromatic hydroxyl groups is 1. The van der Waals surface area contributed by atoms with Crippen LogP contribution in [0.1, 0.15) is 34.5 Å². The predicted octanol–water partition coefficient (Wildman–Crippen LogP) is 4.11. The highest BCUT2D eigenvalue weighted by Gasteiger charge is 2.33. The van der Waals surface area contributed by atoms with Crippen molar-refractivity contribution in [2.24, 2.45) is 0 Å². The molecule has 7 heteroatoms. The summed E-state index contributed by atoms with van der Waals surface area (Å²) >= 11 is 0. The Morgan fingerprint density at radius 1 is 1.09 bits per heavy atom. The zero-order valence-electron chi connectivity index (χ0n) is 17.9. The van der Waals surface area contributed by atoms with Crippen molar-refractivity contribution in [2.75, 3.05) is 32.7 Å². The third kappa shape index (κ3) is 3.30. The van der Waals surface area contributed by atoms with Crippen LogP contribution in [0.4, 0.5) is 0 Å². The average molecular weight is 431 g/mol. The maximum absolute atomic E-state index is 12.1. The molecule has 3 heterocycles. The highest BCUT2D eigenvalue weighted by atomic mass is 16.4. The average Bonchev–Trinajstić information content (AvgIpc) is 3.28. The number of likely N-dealkylation sites (N-methyl/N-ethyl adjacent to an activating group) is 1. The van der Waals surface area contributed by atoms with Crippen LogP contribution in [0.3, 0.4) is 0 Å². The second-order valence-electron chi connectivity index (χ2n) is 8.12. The number of hydrogen-bond donors (Lipinski definition) is 2. The molecule has 1 unspecified atom stereocenters. The van der Waals surface area contributed by atoms with Crippen LogP contribution >= 0.6 is 0 Å². The van der Waals surface area contributed by atoms with Gasteiger partial charge in [-0.1, -0.05) is 31.2 Å².